The van der Waals surface area contributed by atoms with Crippen LogP contribution in [0.3, 0.4) is 0 Å². The number of unbranched alkanes of at least 4 members (excludes halogenated alkanes) is 1. The van der Waals surface area contributed by atoms with Gasteiger partial charge in [0, 0.05) is 13.0 Å². The Bertz CT molecular complexity index is 1250. The lowest BCUT2D eigenvalue weighted by Crippen LogP contribution is -2.42. The minimum absolute atomic E-state index is 0.0869. The van der Waals surface area contributed by atoms with Crippen LogP contribution in [-0.2, 0) is 37.9 Å². The smallest absolute Gasteiger partial charge is 0.333 e. The number of nitrogens with zero attached hydrogens (tertiary/aromatic N) is 2. The van der Waals surface area contributed by atoms with Gasteiger partial charge < -0.3 is 24.8 Å². The number of hydrogen-bond donors (Lipinski definition) is 2. The number of ether oxygens (including phenoxy) is 1. The zero-order valence-corrected chi connectivity index (χ0v) is 22.4. The summed E-state index contributed by atoms with van der Waals surface area (Å²) in [6.45, 7) is 3.80. The quantitative estimate of drug-likeness (QED) is 0.202. The fourth-order valence-corrected chi connectivity index (χ4v) is 5.40. The standard InChI is InChI=1S/C25H35N4O7P/c1-5-16-29-24(31)22(27-21(30)15-12-19-10-13-20(34-4)14-11-19)23(26)28(25(29)32)17-8-9-18-37(33,35-6-2)36-7-3/h1,10-11,13-14H,6-9,12,15-18,26H2,2-4H3,(H,27,30). The molecular formula is C25H35N4O7P. The molecule has 0 aliphatic rings. The molecule has 12 heteroatoms. The first kappa shape index (κ1) is 29.9. The second kappa shape index (κ2) is 14.4. The zero-order chi connectivity index (χ0) is 27.4. The van der Waals surface area contributed by atoms with Gasteiger partial charge in [-0.3, -0.25) is 18.7 Å². The van der Waals surface area contributed by atoms with Gasteiger partial charge >= 0.3 is 13.3 Å². The molecule has 0 fully saturated rings. The Balaban J connectivity index is 2.18. The molecule has 1 amide bonds. The highest BCUT2D eigenvalue weighted by atomic mass is 31.2. The van der Waals surface area contributed by atoms with Crippen molar-refractivity contribution in [3.8, 4) is 18.1 Å². The summed E-state index contributed by atoms with van der Waals surface area (Å²) in [5.41, 5.74) is 5.42. The third-order valence-electron chi connectivity index (χ3n) is 5.50. The highest BCUT2D eigenvalue weighted by molar-refractivity contribution is 7.53. The van der Waals surface area contributed by atoms with Gasteiger partial charge in [-0.15, -0.1) is 6.42 Å². The van der Waals surface area contributed by atoms with E-state index in [-0.39, 0.29) is 50.4 Å². The van der Waals surface area contributed by atoms with Crippen molar-refractivity contribution >= 4 is 25.0 Å². The normalized spacial score (nSPS) is 11.2. The van der Waals surface area contributed by atoms with Crippen LogP contribution < -0.4 is 27.0 Å². The molecule has 1 heterocycles. The Kier molecular flexibility index (Phi) is 11.7. The van der Waals surface area contributed by atoms with E-state index in [1.54, 1.807) is 33.1 Å². The molecule has 0 saturated heterocycles. The lowest BCUT2D eigenvalue weighted by atomic mass is 10.1. The number of nitrogen functional groups attached to an aromatic ring is 1. The van der Waals surface area contributed by atoms with E-state index in [2.05, 4.69) is 11.2 Å². The second-order valence-corrected chi connectivity index (χ2v) is 10.2. The fraction of sp³-hybridized carbons (Fsp3) is 0.480. The molecular weight excluding hydrogens is 499 g/mol. The molecule has 0 saturated carbocycles. The average molecular weight is 535 g/mol. The highest BCUT2D eigenvalue weighted by Gasteiger charge is 2.23. The van der Waals surface area contributed by atoms with Gasteiger partial charge in [0.25, 0.3) is 5.56 Å². The van der Waals surface area contributed by atoms with Crippen molar-refractivity contribution in [2.45, 2.75) is 52.6 Å². The number of benzene rings is 1. The van der Waals surface area contributed by atoms with Gasteiger partial charge in [0.1, 0.15) is 17.3 Å². The Hall–Kier alpha value is -3.32. The molecule has 3 N–H and O–H groups in total. The number of amides is 1. The number of methoxy groups -OCH3 is 1. The number of rotatable bonds is 15. The van der Waals surface area contributed by atoms with E-state index in [0.717, 1.165) is 10.1 Å². The van der Waals surface area contributed by atoms with Crippen LogP contribution in [0.4, 0.5) is 11.5 Å². The van der Waals surface area contributed by atoms with E-state index in [1.165, 1.54) is 4.57 Å². The van der Waals surface area contributed by atoms with Crippen molar-refractivity contribution in [2.75, 3.05) is 37.5 Å². The summed E-state index contributed by atoms with van der Waals surface area (Å²) in [4.78, 5) is 38.5. The molecule has 0 atom stereocenters. The van der Waals surface area contributed by atoms with Gasteiger partial charge in [-0.25, -0.2) is 9.36 Å². The predicted molar refractivity (Wildman–Crippen MR) is 143 cm³/mol. The van der Waals surface area contributed by atoms with Gasteiger partial charge in [0.2, 0.25) is 5.91 Å². The van der Waals surface area contributed by atoms with E-state index in [1.807, 2.05) is 12.1 Å². The molecule has 1 aromatic carbocycles. The molecule has 1 aromatic heterocycles. The fourth-order valence-electron chi connectivity index (χ4n) is 3.67. The lowest BCUT2D eigenvalue weighted by molar-refractivity contribution is -0.116. The van der Waals surface area contributed by atoms with Crippen LogP contribution in [0.2, 0.25) is 0 Å². The topological polar surface area (TPSA) is 144 Å². The van der Waals surface area contributed by atoms with Crippen LogP contribution in [0.5, 0.6) is 5.75 Å². The van der Waals surface area contributed by atoms with E-state index in [0.29, 0.717) is 25.0 Å². The summed E-state index contributed by atoms with van der Waals surface area (Å²) in [7, 11) is -1.65. The van der Waals surface area contributed by atoms with Crippen molar-refractivity contribution in [3.63, 3.8) is 0 Å². The maximum absolute atomic E-state index is 12.9. The highest BCUT2D eigenvalue weighted by Crippen LogP contribution is 2.48. The third-order valence-corrected chi connectivity index (χ3v) is 7.66. The van der Waals surface area contributed by atoms with Crippen molar-refractivity contribution in [3.05, 3.63) is 50.7 Å². The van der Waals surface area contributed by atoms with E-state index < -0.39 is 24.8 Å². The van der Waals surface area contributed by atoms with Crippen LogP contribution in [0.1, 0.15) is 38.7 Å². The number of nitrogens with two attached hydrogens (primary N) is 1. The van der Waals surface area contributed by atoms with E-state index in [9.17, 15) is 18.9 Å². The lowest BCUT2D eigenvalue weighted by Gasteiger charge is -2.18. The van der Waals surface area contributed by atoms with Crippen LogP contribution >= 0.6 is 7.60 Å². The van der Waals surface area contributed by atoms with Gasteiger partial charge in [-0.05, 0) is 50.8 Å². The van der Waals surface area contributed by atoms with Crippen molar-refractivity contribution in [1.29, 1.82) is 0 Å². The molecule has 0 spiro atoms. The number of nitrogens with one attached hydrogen (secondary N) is 1. The second-order valence-electron chi connectivity index (χ2n) is 8.06. The summed E-state index contributed by atoms with van der Waals surface area (Å²) >= 11 is 0. The Morgan fingerprint density at radius 1 is 1.11 bits per heavy atom. The van der Waals surface area contributed by atoms with Crippen LogP contribution in [-0.4, -0.2) is 41.5 Å². The van der Waals surface area contributed by atoms with Crippen molar-refractivity contribution in [2.24, 2.45) is 0 Å². The summed E-state index contributed by atoms with van der Waals surface area (Å²) < 4.78 is 30.4. The maximum atomic E-state index is 12.9. The Labute approximate surface area is 216 Å². The monoisotopic (exact) mass is 534 g/mol. The minimum atomic E-state index is -3.22. The molecule has 2 rings (SSSR count). The molecule has 202 valence electrons. The summed E-state index contributed by atoms with van der Waals surface area (Å²) in [5, 5.41) is 2.55. The number of hydrogen-bond acceptors (Lipinski definition) is 8. The van der Waals surface area contributed by atoms with Gasteiger partial charge in [-0.1, -0.05) is 18.1 Å². The first-order valence-corrected chi connectivity index (χ1v) is 13.8. The molecule has 37 heavy (non-hydrogen) atoms. The SMILES string of the molecule is C#CCn1c(=O)c(NC(=O)CCc2ccc(OC)cc2)c(N)n(CCCCP(=O)(OCC)OCC)c1=O. The van der Waals surface area contributed by atoms with Gasteiger partial charge in [0.05, 0.1) is 33.0 Å². The largest absolute Gasteiger partial charge is 0.497 e. The molecule has 11 nitrogen and oxygen atoms in total. The zero-order valence-electron chi connectivity index (χ0n) is 21.5. The van der Waals surface area contributed by atoms with E-state index in [4.69, 9.17) is 25.9 Å². The summed E-state index contributed by atoms with van der Waals surface area (Å²) in [6.07, 6.45) is 6.85. The van der Waals surface area contributed by atoms with Crippen LogP contribution in [0.25, 0.3) is 0 Å². The van der Waals surface area contributed by atoms with Crippen LogP contribution in [0, 0.1) is 12.3 Å². The van der Waals surface area contributed by atoms with Crippen LogP contribution in [0.15, 0.2) is 33.9 Å². The molecule has 0 bridgehead atoms. The van der Waals surface area contributed by atoms with Crippen molar-refractivity contribution < 1.29 is 23.1 Å². The van der Waals surface area contributed by atoms with E-state index >= 15 is 0 Å². The maximum Gasteiger partial charge on any atom is 0.333 e. The minimum Gasteiger partial charge on any atom is -0.497 e. The van der Waals surface area contributed by atoms with Crippen molar-refractivity contribution in [1.82, 2.24) is 9.13 Å². The van der Waals surface area contributed by atoms with Gasteiger partial charge in [-0.2, -0.15) is 0 Å². The number of anilines is 2. The molecule has 0 radical (unpaired) electrons. The first-order valence-electron chi connectivity index (χ1n) is 12.1. The third kappa shape index (κ3) is 8.35. The van der Waals surface area contributed by atoms with Gasteiger partial charge in [0.15, 0.2) is 0 Å². The molecule has 0 aliphatic carbocycles. The Morgan fingerprint density at radius 2 is 1.76 bits per heavy atom. The number of aryl methyl sites for hydroxylation is 1. The molecule has 2 aromatic rings. The number of aromatic nitrogens is 2. The number of carbonyl (C=O) groups is 1. The molecule has 0 aliphatic heterocycles. The summed E-state index contributed by atoms with van der Waals surface area (Å²) in [5.74, 6) is 2.38. The first-order chi connectivity index (χ1) is 17.7. The average Bonchev–Trinajstić information content (AvgIpc) is 2.88. The number of terminal acetylenes is 1. The predicted octanol–water partition coefficient (Wildman–Crippen LogP) is 2.85. The number of carbonyl (C=O) groups excluding carboxylic acids is 1. The molecule has 0 unspecified atom stereocenters. The summed E-state index contributed by atoms with van der Waals surface area (Å²) in [6, 6.07) is 7.27. The Morgan fingerprint density at radius 3 is 2.32 bits per heavy atom.